The Balaban J connectivity index is 1.76. The fourth-order valence-corrected chi connectivity index (χ4v) is 2.78. The van der Waals surface area contributed by atoms with Gasteiger partial charge in [0.15, 0.2) is 18.2 Å². The van der Waals surface area contributed by atoms with Crippen molar-refractivity contribution in [3.8, 4) is 11.5 Å². The number of carbonyl (C=O) groups excluding carboxylic acids is 2. The summed E-state index contributed by atoms with van der Waals surface area (Å²) in [4.78, 5) is 32.1. The van der Waals surface area contributed by atoms with E-state index >= 15 is 0 Å². The molecule has 3 rings (SSSR count). The lowest BCUT2D eigenvalue weighted by molar-refractivity contribution is -0.132. The summed E-state index contributed by atoms with van der Waals surface area (Å²) >= 11 is 0. The van der Waals surface area contributed by atoms with Crippen LogP contribution < -0.4 is 14.4 Å². The average molecular weight is 355 g/mol. The minimum atomic E-state index is -0.285. The van der Waals surface area contributed by atoms with Crippen molar-refractivity contribution in [3.05, 3.63) is 48.2 Å². The number of carbonyl (C=O) groups is 2. The molecule has 2 amide bonds. The number of ether oxygens (including phenoxy) is 2. The van der Waals surface area contributed by atoms with Gasteiger partial charge in [-0.1, -0.05) is 12.1 Å². The average Bonchev–Trinajstić information content (AvgIpc) is 2.68. The van der Waals surface area contributed by atoms with Crippen molar-refractivity contribution in [1.29, 1.82) is 0 Å². The van der Waals surface area contributed by atoms with Crippen LogP contribution in [0.1, 0.15) is 18.5 Å². The van der Waals surface area contributed by atoms with Crippen LogP contribution in [0.3, 0.4) is 0 Å². The Morgan fingerprint density at radius 2 is 2.19 bits per heavy atom. The minimum absolute atomic E-state index is 0.0863. The van der Waals surface area contributed by atoms with E-state index in [4.69, 9.17) is 9.47 Å². The molecule has 0 aliphatic carbocycles. The molecule has 1 aliphatic rings. The number of nitrogens with zero attached hydrogens (tertiary/aromatic N) is 3. The smallest absolute Gasteiger partial charge is 0.266 e. The zero-order chi connectivity index (χ0) is 18.7. The van der Waals surface area contributed by atoms with E-state index in [0.717, 1.165) is 11.3 Å². The van der Waals surface area contributed by atoms with Gasteiger partial charge in [-0.25, -0.2) is 4.98 Å². The van der Waals surface area contributed by atoms with Gasteiger partial charge >= 0.3 is 0 Å². The van der Waals surface area contributed by atoms with Crippen LogP contribution in [0.15, 0.2) is 42.6 Å². The first-order valence-corrected chi connectivity index (χ1v) is 8.29. The molecule has 0 saturated heterocycles. The molecule has 0 unspecified atom stereocenters. The van der Waals surface area contributed by atoms with Crippen LogP contribution in [0.5, 0.6) is 11.5 Å². The van der Waals surface area contributed by atoms with Crippen LogP contribution in [0.25, 0.3) is 0 Å². The van der Waals surface area contributed by atoms with E-state index in [9.17, 15) is 9.59 Å². The lowest BCUT2D eigenvalue weighted by Gasteiger charge is -2.31. The summed E-state index contributed by atoms with van der Waals surface area (Å²) in [7, 11) is 3.32. The SMILES string of the molecule is COc1cccc([C@@H](C)N(C)C(=O)CN2C(=O)COc3cccnc32)c1. The molecule has 2 aromatic rings. The van der Waals surface area contributed by atoms with Gasteiger partial charge in [-0.05, 0) is 36.8 Å². The summed E-state index contributed by atoms with van der Waals surface area (Å²) < 4.78 is 10.6. The topological polar surface area (TPSA) is 72.0 Å². The number of anilines is 1. The first kappa shape index (κ1) is 17.7. The highest BCUT2D eigenvalue weighted by Gasteiger charge is 2.30. The lowest BCUT2D eigenvalue weighted by Crippen LogP contribution is -2.46. The molecule has 1 atom stereocenters. The molecule has 0 radical (unpaired) electrons. The number of likely N-dealkylation sites (N-methyl/N-ethyl adjacent to an activating group) is 1. The molecule has 136 valence electrons. The highest BCUT2D eigenvalue weighted by atomic mass is 16.5. The number of pyridine rings is 1. The molecule has 1 aromatic heterocycles. The third kappa shape index (κ3) is 3.46. The predicted molar refractivity (Wildman–Crippen MR) is 96.3 cm³/mol. The van der Waals surface area contributed by atoms with Crippen LogP contribution >= 0.6 is 0 Å². The Morgan fingerprint density at radius 3 is 2.96 bits per heavy atom. The Bertz CT molecular complexity index is 824. The molecule has 7 heteroatoms. The Hall–Kier alpha value is -3.09. The van der Waals surface area contributed by atoms with Crippen molar-refractivity contribution >= 4 is 17.6 Å². The van der Waals surface area contributed by atoms with Gasteiger partial charge < -0.3 is 14.4 Å². The summed E-state index contributed by atoms with van der Waals surface area (Å²) in [6.07, 6.45) is 1.57. The highest BCUT2D eigenvalue weighted by Crippen LogP contribution is 2.29. The van der Waals surface area contributed by atoms with E-state index in [1.807, 2.05) is 31.2 Å². The third-order valence-electron chi connectivity index (χ3n) is 4.50. The van der Waals surface area contributed by atoms with Crippen molar-refractivity contribution in [2.45, 2.75) is 13.0 Å². The van der Waals surface area contributed by atoms with Gasteiger partial charge in [0, 0.05) is 13.2 Å². The molecular weight excluding hydrogens is 334 g/mol. The van der Waals surface area contributed by atoms with E-state index in [-0.39, 0.29) is 31.0 Å². The summed E-state index contributed by atoms with van der Waals surface area (Å²) in [6.45, 7) is 1.75. The molecule has 0 N–H and O–H groups in total. The van der Waals surface area contributed by atoms with Gasteiger partial charge in [0.25, 0.3) is 5.91 Å². The van der Waals surface area contributed by atoms with Gasteiger partial charge in [-0.15, -0.1) is 0 Å². The van der Waals surface area contributed by atoms with Gasteiger partial charge in [0.1, 0.15) is 12.3 Å². The van der Waals surface area contributed by atoms with E-state index in [1.54, 1.807) is 37.4 Å². The normalized spacial score (nSPS) is 14.3. The van der Waals surface area contributed by atoms with Crippen LogP contribution in [0, 0.1) is 0 Å². The fraction of sp³-hybridized carbons (Fsp3) is 0.316. The van der Waals surface area contributed by atoms with Gasteiger partial charge in [0.2, 0.25) is 5.91 Å². The lowest BCUT2D eigenvalue weighted by atomic mass is 10.1. The number of benzene rings is 1. The second-order valence-corrected chi connectivity index (χ2v) is 6.05. The number of hydrogen-bond acceptors (Lipinski definition) is 5. The van der Waals surface area contributed by atoms with Crippen LogP contribution in [-0.2, 0) is 9.59 Å². The number of rotatable bonds is 5. The van der Waals surface area contributed by atoms with E-state index in [2.05, 4.69) is 4.98 Å². The van der Waals surface area contributed by atoms with Crippen LogP contribution in [0.4, 0.5) is 5.82 Å². The largest absolute Gasteiger partial charge is 0.497 e. The molecule has 0 fully saturated rings. The van der Waals surface area contributed by atoms with Gasteiger partial charge in [-0.2, -0.15) is 0 Å². The molecular formula is C19H21N3O4. The molecule has 1 aromatic carbocycles. The molecule has 7 nitrogen and oxygen atoms in total. The van der Waals surface area contributed by atoms with E-state index < -0.39 is 0 Å². The van der Waals surface area contributed by atoms with Crippen LogP contribution in [-0.4, -0.2) is 49.0 Å². The van der Waals surface area contributed by atoms with Crippen molar-refractivity contribution in [2.75, 3.05) is 32.2 Å². The Morgan fingerprint density at radius 1 is 1.38 bits per heavy atom. The Labute approximate surface area is 152 Å². The number of amides is 2. The number of fused-ring (bicyclic) bond motifs is 1. The van der Waals surface area contributed by atoms with E-state index in [1.165, 1.54) is 4.90 Å². The van der Waals surface area contributed by atoms with Crippen molar-refractivity contribution in [3.63, 3.8) is 0 Å². The monoisotopic (exact) mass is 355 g/mol. The minimum Gasteiger partial charge on any atom is -0.497 e. The van der Waals surface area contributed by atoms with Crippen molar-refractivity contribution in [2.24, 2.45) is 0 Å². The molecule has 0 spiro atoms. The summed E-state index contributed by atoms with van der Waals surface area (Å²) in [5.41, 5.74) is 0.951. The number of hydrogen-bond donors (Lipinski definition) is 0. The second kappa shape index (κ2) is 7.43. The van der Waals surface area contributed by atoms with Crippen LogP contribution in [0.2, 0.25) is 0 Å². The van der Waals surface area contributed by atoms with Gasteiger partial charge in [0.05, 0.1) is 13.2 Å². The highest BCUT2D eigenvalue weighted by molar-refractivity contribution is 6.01. The Kier molecular flexibility index (Phi) is 5.06. The quantitative estimate of drug-likeness (QED) is 0.821. The maximum atomic E-state index is 12.8. The molecule has 0 bridgehead atoms. The molecule has 2 heterocycles. The summed E-state index contributed by atoms with van der Waals surface area (Å²) in [5, 5.41) is 0. The zero-order valence-corrected chi connectivity index (χ0v) is 15.0. The standard InChI is InChI=1S/C19H21N3O4/c1-13(14-6-4-7-15(10-14)25-3)21(2)17(23)11-22-18(24)12-26-16-8-5-9-20-19(16)22/h4-10,13H,11-12H2,1-3H3/t13-/m1/s1. The summed E-state index contributed by atoms with van der Waals surface area (Å²) in [5.74, 6) is 1.14. The third-order valence-corrected chi connectivity index (χ3v) is 4.50. The number of aromatic nitrogens is 1. The zero-order valence-electron chi connectivity index (χ0n) is 15.0. The second-order valence-electron chi connectivity index (χ2n) is 6.05. The van der Waals surface area contributed by atoms with Crippen molar-refractivity contribution in [1.82, 2.24) is 9.88 Å². The van der Waals surface area contributed by atoms with Gasteiger partial charge in [-0.3, -0.25) is 14.5 Å². The maximum absolute atomic E-state index is 12.8. The first-order chi connectivity index (χ1) is 12.5. The molecule has 1 aliphatic heterocycles. The summed E-state index contributed by atoms with van der Waals surface area (Å²) in [6, 6.07) is 10.9. The predicted octanol–water partition coefficient (Wildman–Crippen LogP) is 2.04. The molecule has 0 saturated carbocycles. The van der Waals surface area contributed by atoms with Crippen molar-refractivity contribution < 1.29 is 19.1 Å². The first-order valence-electron chi connectivity index (χ1n) is 8.29. The number of methoxy groups -OCH3 is 1. The maximum Gasteiger partial charge on any atom is 0.266 e. The molecule has 26 heavy (non-hydrogen) atoms. The fourth-order valence-electron chi connectivity index (χ4n) is 2.78. The van der Waals surface area contributed by atoms with E-state index in [0.29, 0.717) is 11.6 Å².